The fraction of sp³-hybridized carbons (Fsp3) is 0.364. The number of methoxy groups -OCH3 is 1. The number of hydrogen-bond acceptors (Lipinski definition) is 4. The summed E-state index contributed by atoms with van der Waals surface area (Å²) in [5.74, 6) is -0.379. The van der Waals surface area contributed by atoms with Crippen molar-refractivity contribution in [2.24, 2.45) is 0 Å². The molecule has 5 heteroatoms. The second kappa shape index (κ2) is 6.50. The van der Waals surface area contributed by atoms with Gasteiger partial charge in [-0.2, -0.15) is 0 Å². The average molecular weight is 288 g/mol. The van der Waals surface area contributed by atoms with Crippen molar-refractivity contribution in [3.05, 3.63) is 28.2 Å². The Labute approximate surface area is 103 Å². The molecule has 0 saturated heterocycles. The van der Waals surface area contributed by atoms with E-state index in [4.69, 9.17) is 15.2 Å². The molecule has 0 aliphatic heterocycles. The predicted octanol–water partition coefficient (Wildman–Crippen LogP) is 2.22. The van der Waals surface area contributed by atoms with Crippen LogP contribution in [0.15, 0.2) is 22.7 Å². The van der Waals surface area contributed by atoms with Crippen LogP contribution in [0, 0.1) is 0 Å². The van der Waals surface area contributed by atoms with Gasteiger partial charge in [0.15, 0.2) is 0 Å². The molecule has 0 aromatic heterocycles. The van der Waals surface area contributed by atoms with E-state index in [9.17, 15) is 4.79 Å². The number of nitrogen functional groups attached to an aromatic ring is 1. The molecule has 0 aliphatic rings. The quantitative estimate of drug-likeness (QED) is 0.512. The number of halogens is 1. The molecule has 2 N–H and O–H groups in total. The lowest BCUT2D eigenvalue weighted by Crippen LogP contribution is -2.09. The summed E-state index contributed by atoms with van der Waals surface area (Å²) >= 11 is 3.25. The summed E-state index contributed by atoms with van der Waals surface area (Å²) in [5.41, 5.74) is 6.62. The van der Waals surface area contributed by atoms with Gasteiger partial charge in [-0.15, -0.1) is 0 Å². The van der Waals surface area contributed by atoms with Gasteiger partial charge in [-0.05, 0) is 28.1 Å². The Morgan fingerprint density at radius 2 is 2.19 bits per heavy atom. The van der Waals surface area contributed by atoms with Gasteiger partial charge in [-0.25, -0.2) is 4.79 Å². The monoisotopic (exact) mass is 287 g/mol. The number of rotatable bonds is 5. The normalized spacial score (nSPS) is 10.1. The number of anilines is 1. The third-order valence-corrected chi connectivity index (χ3v) is 2.86. The van der Waals surface area contributed by atoms with E-state index in [1.165, 1.54) is 0 Å². The highest BCUT2D eigenvalue weighted by atomic mass is 79.9. The van der Waals surface area contributed by atoms with E-state index >= 15 is 0 Å². The van der Waals surface area contributed by atoms with Gasteiger partial charge >= 0.3 is 5.97 Å². The van der Waals surface area contributed by atoms with E-state index in [-0.39, 0.29) is 5.97 Å². The highest BCUT2D eigenvalue weighted by molar-refractivity contribution is 9.10. The first-order valence-electron chi connectivity index (χ1n) is 4.87. The lowest BCUT2D eigenvalue weighted by molar-refractivity contribution is 0.0467. The molecule has 1 rings (SSSR count). The highest BCUT2D eigenvalue weighted by Crippen LogP contribution is 2.24. The average Bonchev–Trinajstić information content (AvgIpc) is 2.28. The lowest BCUT2D eigenvalue weighted by Gasteiger charge is -2.07. The Kier molecular flexibility index (Phi) is 5.28. The van der Waals surface area contributed by atoms with Crippen molar-refractivity contribution >= 4 is 27.6 Å². The van der Waals surface area contributed by atoms with Gasteiger partial charge in [0, 0.05) is 25.8 Å². The molecule has 0 aliphatic carbocycles. The molecule has 0 bridgehead atoms. The molecule has 16 heavy (non-hydrogen) atoms. The van der Waals surface area contributed by atoms with Crippen molar-refractivity contribution in [2.75, 3.05) is 26.1 Å². The van der Waals surface area contributed by atoms with Crippen LogP contribution in [-0.2, 0) is 9.47 Å². The maximum absolute atomic E-state index is 11.6. The summed E-state index contributed by atoms with van der Waals surface area (Å²) in [6, 6.07) is 5.09. The van der Waals surface area contributed by atoms with Crippen LogP contribution < -0.4 is 5.73 Å². The minimum absolute atomic E-state index is 0.341. The second-order valence-corrected chi connectivity index (χ2v) is 3.98. The Morgan fingerprint density at radius 3 is 2.88 bits per heavy atom. The Balaban J connectivity index is 2.56. The number of esters is 1. The van der Waals surface area contributed by atoms with Gasteiger partial charge in [-0.1, -0.05) is 6.07 Å². The van der Waals surface area contributed by atoms with E-state index in [2.05, 4.69) is 15.9 Å². The van der Waals surface area contributed by atoms with Gasteiger partial charge in [-0.3, -0.25) is 0 Å². The summed E-state index contributed by atoms with van der Waals surface area (Å²) in [7, 11) is 1.61. The summed E-state index contributed by atoms with van der Waals surface area (Å²) in [6.45, 7) is 0.916. The zero-order valence-corrected chi connectivity index (χ0v) is 10.6. The third-order valence-electron chi connectivity index (χ3n) is 1.97. The number of carbonyl (C=O) groups excluding carboxylic acids is 1. The number of benzene rings is 1. The van der Waals surface area contributed by atoms with Crippen LogP contribution in [-0.4, -0.2) is 26.3 Å². The van der Waals surface area contributed by atoms with Gasteiger partial charge < -0.3 is 15.2 Å². The number of carbonyl (C=O) groups is 1. The fourth-order valence-corrected chi connectivity index (χ4v) is 1.58. The summed E-state index contributed by atoms with van der Waals surface area (Å²) in [6.07, 6.45) is 0.683. The van der Waals surface area contributed by atoms with Crippen molar-refractivity contribution in [2.45, 2.75) is 6.42 Å². The van der Waals surface area contributed by atoms with Crippen molar-refractivity contribution in [3.8, 4) is 0 Å². The molecular formula is C11H14BrNO3. The first-order chi connectivity index (χ1) is 7.66. The molecule has 0 amide bonds. The smallest absolute Gasteiger partial charge is 0.339 e. The zero-order valence-electron chi connectivity index (χ0n) is 9.03. The first kappa shape index (κ1) is 13.0. The molecule has 88 valence electrons. The molecule has 0 atom stereocenters. The second-order valence-electron chi connectivity index (χ2n) is 3.19. The number of nitrogens with two attached hydrogens (primary N) is 1. The molecule has 0 heterocycles. The largest absolute Gasteiger partial charge is 0.462 e. The predicted molar refractivity (Wildman–Crippen MR) is 65.3 cm³/mol. The minimum Gasteiger partial charge on any atom is -0.462 e. The molecule has 0 unspecified atom stereocenters. The number of hydrogen-bond donors (Lipinski definition) is 1. The maximum Gasteiger partial charge on any atom is 0.339 e. The van der Waals surface area contributed by atoms with Crippen molar-refractivity contribution in [3.63, 3.8) is 0 Å². The van der Waals surface area contributed by atoms with Gasteiger partial charge in [0.05, 0.1) is 16.6 Å². The van der Waals surface area contributed by atoms with Crippen LogP contribution in [0.5, 0.6) is 0 Å². The molecule has 0 fully saturated rings. The van der Waals surface area contributed by atoms with Gasteiger partial charge in [0.1, 0.15) is 0 Å². The van der Waals surface area contributed by atoms with Crippen molar-refractivity contribution in [1.82, 2.24) is 0 Å². The molecule has 0 spiro atoms. The maximum atomic E-state index is 11.6. The van der Waals surface area contributed by atoms with Crippen LogP contribution in [0.1, 0.15) is 16.8 Å². The van der Waals surface area contributed by atoms with E-state index in [0.717, 1.165) is 0 Å². The summed E-state index contributed by atoms with van der Waals surface area (Å²) in [5, 5.41) is 0. The Morgan fingerprint density at radius 1 is 1.44 bits per heavy atom. The first-order valence-corrected chi connectivity index (χ1v) is 5.66. The van der Waals surface area contributed by atoms with Gasteiger partial charge in [0.25, 0.3) is 0 Å². The molecule has 0 radical (unpaired) electrons. The van der Waals surface area contributed by atoms with Crippen LogP contribution >= 0.6 is 15.9 Å². The van der Waals surface area contributed by atoms with Crippen molar-refractivity contribution in [1.29, 1.82) is 0 Å². The molecule has 1 aromatic rings. The van der Waals surface area contributed by atoms with E-state index in [1.807, 2.05) is 0 Å². The zero-order chi connectivity index (χ0) is 12.0. The molecule has 0 saturated carbocycles. The Hall–Kier alpha value is -1.07. The van der Waals surface area contributed by atoms with Crippen LogP contribution in [0.3, 0.4) is 0 Å². The number of ether oxygens (including phenoxy) is 2. The van der Waals surface area contributed by atoms with E-state index < -0.39 is 0 Å². The highest BCUT2D eigenvalue weighted by Gasteiger charge is 2.12. The SMILES string of the molecule is COCCCOC(=O)c1cccc(N)c1Br. The molecular weight excluding hydrogens is 274 g/mol. The minimum atomic E-state index is -0.379. The molecule has 1 aromatic carbocycles. The van der Waals surface area contributed by atoms with Crippen LogP contribution in [0.25, 0.3) is 0 Å². The van der Waals surface area contributed by atoms with Crippen LogP contribution in [0.4, 0.5) is 5.69 Å². The summed E-state index contributed by atoms with van der Waals surface area (Å²) < 4.78 is 10.5. The van der Waals surface area contributed by atoms with E-state index in [0.29, 0.717) is 35.4 Å². The fourth-order valence-electron chi connectivity index (χ4n) is 1.15. The topological polar surface area (TPSA) is 61.5 Å². The van der Waals surface area contributed by atoms with Gasteiger partial charge in [0.2, 0.25) is 0 Å². The third kappa shape index (κ3) is 3.50. The Bertz CT molecular complexity index is 368. The lowest BCUT2D eigenvalue weighted by atomic mass is 10.2. The van der Waals surface area contributed by atoms with Crippen molar-refractivity contribution < 1.29 is 14.3 Å². The van der Waals surface area contributed by atoms with E-state index in [1.54, 1.807) is 25.3 Å². The van der Waals surface area contributed by atoms with Crippen LogP contribution in [0.2, 0.25) is 0 Å². The summed E-state index contributed by atoms with van der Waals surface area (Å²) in [4.78, 5) is 11.6. The standard InChI is InChI=1S/C11H14BrNO3/c1-15-6-3-7-16-11(14)8-4-2-5-9(13)10(8)12/h2,4-5H,3,6-7,13H2,1H3. The molecule has 4 nitrogen and oxygen atoms in total.